The maximum Gasteiger partial charge on any atom is 0.141 e. The highest BCUT2D eigenvalue weighted by Crippen LogP contribution is 2.61. The first-order valence-corrected chi connectivity index (χ1v) is 33.7. The summed E-state index contributed by atoms with van der Waals surface area (Å²) in [5.74, 6) is 4.74. The van der Waals surface area contributed by atoms with Crippen molar-refractivity contribution in [3.63, 3.8) is 0 Å². The van der Waals surface area contributed by atoms with Crippen LogP contribution in [0.1, 0.15) is 167 Å². The first-order chi connectivity index (χ1) is 43.7. The van der Waals surface area contributed by atoms with E-state index in [1.54, 1.807) is 0 Å². The van der Waals surface area contributed by atoms with Crippen molar-refractivity contribution in [2.75, 3.05) is 19.8 Å². The van der Waals surface area contributed by atoms with E-state index in [1.165, 1.54) is 62.1 Å². The largest absolute Gasteiger partial charge is 0.498 e. The highest BCUT2D eigenvalue weighted by atomic mass is 16.5. The predicted octanol–water partition coefficient (Wildman–Crippen LogP) is 19.4. The molecule has 0 radical (unpaired) electrons. The summed E-state index contributed by atoms with van der Waals surface area (Å²) >= 11 is 0. The van der Waals surface area contributed by atoms with Crippen molar-refractivity contribution >= 4 is 13.3 Å². The van der Waals surface area contributed by atoms with Gasteiger partial charge in [-0.1, -0.05) is 280 Å². The molecule has 3 aliphatic rings. The molecular formula is C85H91BO4. The molecular weight excluding hydrogens is 1100 g/mol. The SMILES string of the molecule is Bc1ccc(-c2ccc(C)cc2)c(C(O)(c2ccc3c(c2)C(C2=CC=C(OCC(C)CC)CC2)(c2ccc(CCC(C)CC)cc2)c2ccccc2-3)c2ccc3c(c2)C(c2ccc(OCC(C)CC)cc2)(c2ccc(OCC(C)CC)cc2)c2ccccc2-3)c1. The molecule has 90 heavy (non-hydrogen) atoms. The summed E-state index contributed by atoms with van der Waals surface area (Å²) in [7, 11) is 2.15. The third kappa shape index (κ3) is 11.4. The fraction of sp³-hybridized carbons (Fsp3) is 0.318. The highest BCUT2D eigenvalue weighted by Gasteiger charge is 2.51. The second-order valence-corrected chi connectivity index (χ2v) is 26.8. The van der Waals surface area contributed by atoms with Crippen LogP contribution < -0.4 is 14.9 Å². The van der Waals surface area contributed by atoms with E-state index in [4.69, 9.17) is 14.2 Å². The van der Waals surface area contributed by atoms with Gasteiger partial charge in [0.15, 0.2) is 0 Å². The molecule has 4 nitrogen and oxygen atoms in total. The van der Waals surface area contributed by atoms with Crippen molar-refractivity contribution in [3.05, 3.63) is 290 Å². The molecule has 9 aromatic carbocycles. The van der Waals surface area contributed by atoms with Crippen LogP contribution in [0, 0.1) is 30.6 Å². The summed E-state index contributed by atoms with van der Waals surface area (Å²) < 4.78 is 19.5. The Morgan fingerprint density at radius 3 is 1.44 bits per heavy atom. The number of aryl methyl sites for hydroxylation is 2. The molecule has 0 aromatic heterocycles. The molecule has 6 atom stereocenters. The van der Waals surface area contributed by atoms with Crippen LogP contribution in [0.4, 0.5) is 0 Å². The predicted molar refractivity (Wildman–Crippen MR) is 377 cm³/mol. The van der Waals surface area contributed by atoms with Crippen molar-refractivity contribution in [2.45, 2.75) is 130 Å². The lowest BCUT2D eigenvalue weighted by Crippen LogP contribution is -2.34. The minimum absolute atomic E-state index is 0.435. The third-order valence-corrected chi connectivity index (χ3v) is 20.7. The molecule has 0 saturated carbocycles. The number of benzene rings is 9. The van der Waals surface area contributed by atoms with Crippen molar-refractivity contribution in [1.82, 2.24) is 0 Å². The Kier molecular flexibility index (Phi) is 18.2. The fourth-order valence-corrected chi connectivity index (χ4v) is 14.3. The molecule has 0 amide bonds. The van der Waals surface area contributed by atoms with E-state index in [0.29, 0.717) is 43.5 Å². The summed E-state index contributed by atoms with van der Waals surface area (Å²) in [4.78, 5) is 0. The average Bonchev–Trinajstić information content (AvgIpc) is 1.51. The molecule has 6 unspecified atom stereocenters. The van der Waals surface area contributed by atoms with Gasteiger partial charge in [0.25, 0.3) is 0 Å². The maximum atomic E-state index is 15.4. The van der Waals surface area contributed by atoms with Gasteiger partial charge in [0.05, 0.1) is 36.4 Å². The molecule has 1 N–H and O–H groups in total. The van der Waals surface area contributed by atoms with Gasteiger partial charge in [-0.25, -0.2) is 0 Å². The van der Waals surface area contributed by atoms with Crippen molar-refractivity contribution < 1.29 is 19.3 Å². The molecule has 0 saturated heterocycles. The van der Waals surface area contributed by atoms with Crippen LogP contribution in [0.15, 0.2) is 224 Å². The number of rotatable bonds is 24. The zero-order chi connectivity index (χ0) is 62.7. The molecule has 0 spiro atoms. The Hall–Kier alpha value is -8.12. The van der Waals surface area contributed by atoms with E-state index in [0.717, 1.165) is 118 Å². The van der Waals surface area contributed by atoms with Gasteiger partial charge in [0.2, 0.25) is 0 Å². The molecule has 458 valence electrons. The van der Waals surface area contributed by atoms with Gasteiger partial charge in [0.1, 0.15) is 24.9 Å². The summed E-state index contributed by atoms with van der Waals surface area (Å²) in [6, 6.07) is 74.5. The molecule has 5 heteroatoms. The van der Waals surface area contributed by atoms with E-state index in [9.17, 15) is 0 Å². The Morgan fingerprint density at radius 1 is 0.456 bits per heavy atom. The lowest BCUT2D eigenvalue weighted by molar-refractivity contribution is 0.126. The number of hydrogen-bond acceptors (Lipinski definition) is 4. The van der Waals surface area contributed by atoms with Crippen LogP contribution in [0.3, 0.4) is 0 Å². The summed E-state index contributed by atoms with van der Waals surface area (Å²) in [5, 5.41) is 15.4. The Bertz CT molecular complexity index is 4000. The standard InChI is InChI=1S/C85H91BO4/c1-10-56(5)22-25-61-26-30-63(31-27-61)83(64-32-41-70(42-33-64)88-53-57(6)11-2)78-20-16-14-18-74(78)76-47-38-67(50-80(76)83)85(87,82-52-69(86)40-49-73(82)62-28-23-60(9)24-29-62)68-39-48-77-75-19-15-17-21-79(75)84(81(77)51-68,65-34-43-71(44-35-65)89-54-58(7)12-3)66-36-45-72(46-37-66)90-55-59(8)13-4/h14-21,23-24,26-32,34-41,43-52,56-59,87H,10-13,22,25,33,42,53-55,86H2,1-9H3. The molecule has 0 aliphatic heterocycles. The molecule has 12 rings (SSSR count). The molecule has 3 aliphatic carbocycles. The molecule has 0 heterocycles. The van der Waals surface area contributed by atoms with Crippen LogP contribution >= 0.6 is 0 Å². The number of aliphatic hydroxyl groups is 1. The monoisotopic (exact) mass is 1190 g/mol. The number of allylic oxidation sites excluding steroid dienone is 4. The van der Waals surface area contributed by atoms with Crippen molar-refractivity contribution in [1.29, 1.82) is 0 Å². The average molecular weight is 1190 g/mol. The van der Waals surface area contributed by atoms with Gasteiger partial charge >= 0.3 is 0 Å². The zero-order valence-corrected chi connectivity index (χ0v) is 55.0. The van der Waals surface area contributed by atoms with Crippen LogP contribution in [0.2, 0.25) is 0 Å². The Balaban J connectivity index is 1.12. The van der Waals surface area contributed by atoms with Gasteiger partial charge in [-0.15, -0.1) is 0 Å². The van der Waals surface area contributed by atoms with Crippen LogP contribution in [0.5, 0.6) is 11.5 Å². The highest BCUT2D eigenvalue weighted by molar-refractivity contribution is 6.32. The van der Waals surface area contributed by atoms with Crippen LogP contribution in [-0.2, 0) is 27.6 Å². The lowest BCUT2D eigenvalue weighted by Gasteiger charge is -2.39. The van der Waals surface area contributed by atoms with Gasteiger partial charge < -0.3 is 19.3 Å². The smallest absolute Gasteiger partial charge is 0.141 e. The first-order valence-electron chi connectivity index (χ1n) is 33.7. The van der Waals surface area contributed by atoms with Gasteiger partial charge in [0, 0.05) is 6.42 Å². The summed E-state index contributed by atoms with van der Waals surface area (Å²) in [6.07, 6.45) is 12.8. The third-order valence-electron chi connectivity index (χ3n) is 20.7. The molecule has 0 bridgehead atoms. The van der Waals surface area contributed by atoms with Crippen molar-refractivity contribution in [2.24, 2.45) is 23.7 Å². The molecule has 0 fully saturated rings. The molecule has 9 aromatic rings. The van der Waals surface area contributed by atoms with E-state index < -0.39 is 16.4 Å². The zero-order valence-electron chi connectivity index (χ0n) is 55.0. The minimum Gasteiger partial charge on any atom is -0.498 e. The normalized spacial score (nSPS) is 18.4. The van der Waals surface area contributed by atoms with E-state index >= 15 is 5.11 Å². The quantitative estimate of drug-likeness (QED) is 0.0484. The van der Waals surface area contributed by atoms with Gasteiger partial charge in [-0.2, -0.15) is 0 Å². The summed E-state index contributed by atoms with van der Waals surface area (Å²) in [5.41, 5.74) is 19.0. The number of hydrogen-bond donors (Lipinski definition) is 1. The van der Waals surface area contributed by atoms with Gasteiger partial charge in [-0.05, 0) is 175 Å². The Morgan fingerprint density at radius 2 is 0.922 bits per heavy atom. The topological polar surface area (TPSA) is 47.9 Å². The lowest BCUT2D eigenvalue weighted by atomic mass is 9.64. The first kappa shape index (κ1) is 62.1. The van der Waals surface area contributed by atoms with E-state index in [2.05, 4.69) is 283 Å². The minimum atomic E-state index is -1.71. The fourth-order valence-electron chi connectivity index (χ4n) is 14.3. The van der Waals surface area contributed by atoms with Crippen LogP contribution in [0.25, 0.3) is 33.4 Å². The second-order valence-electron chi connectivity index (χ2n) is 26.8. The van der Waals surface area contributed by atoms with Crippen molar-refractivity contribution in [3.8, 4) is 44.9 Å². The second kappa shape index (κ2) is 26.4. The van der Waals surface area contributed by atoms with Gasteiger partial charge in [-0.3, -0.25) is 0 Å². The number of fused-ring (bicyclic) bond motifs is 6. The van der Waals surface area contributed by atoms with E-state index in [-0.39, 0.29) is 0 Å². The van der Waals surface area contributed by atoms with E-state index in [1.807, 2.05) is 0 Å². The summed E-state index contributed by atoms with van der Waals surface area (Å²) in [6.45, 7) is 22.2. The number of ether oxygens (including phenoxy) is 3. The van der Waals surface area contributed by atoms with Crippen LogP contribution in [-0.4, -0.2) is 32.8 Å². The Labute approximate surface area is 538 Å². The maximum absolute atomic E-state index is 15.4.